The molecule has 3 amide bonds. The number of nitrogens with one attached hydrogen (secondary N) is 2. The average Bonchev–Trinajstić information content (AvgIpc) is 3.06. The van der Waals surface area contributed by atoms with Gasteiger partial charge in [0.05, 0.1) is 19.8 Å². The molecule has 49 heavy (non-hydrogen) atoms. The second-order valence-corrected chi connectivity index (χ2v) is 11.9. The molecule has 0 spiro atoms. The highest BCUT2D eigenvalue weighted by Crippen LogP contribution is 2.44. The van der Waals surface area contributed by atoms with Crippen LogP contribution < -0.4 is 21.1 Å². The molecule has 3 aromatic carbocycles. The molecule has 1 aliphatic heterocycles. The van der Waals surface area contributed by atoms with Crippen molar-refractivity contribution in [1.82, 2.24) is 5.32 Å². The Labute approximate surface area is 284 Å². The van der Waals surface area contributed by atoms with Gasteiger partial charge < -0.3 is 36.1 Å². The number of hydrogen-bond acceptors (Lipinski definition) is 9. The molecule has 1 unspecified atom stereocenters. The zero-order chi connectivity index (χ0) is 35.5. The molecule has 2 atom stereocenters. The van der Waals surface area contributed by atoms with Crippen molar-refractivity contribution in [2.75, 3.05) is 19.0 Å². The molecule has 0 bridgehead atoms. The third-order valence-corrected chi connectivity index (χ3v) is 8.21. The SMILES string of the molecule is COc1ccc(C(CC(=O)NCC(=O)Nc2ccc(C(N)=O)cc2)c2c(O)cc3c(c2O)C(=O)O[C@@H](C)CCCC(=O)CCC/C=C/3)cc1. The van der Waals surface area contributed by atoms with E-state index in [1.165, 1.54) is 37.4 Å². The zero-order valence-electron chi connectivity index (χ0n) is 27.5. The fourth-order valence-corrected chi connectivity index (χ4v) is 5.60. The number of fused-ring (bicyclic) bond motifs is 1. The molecular weight excluding hydrogens is 630 g/mol. The summed E-state index contributed by atoms with van der Waals surface area (Å²) in [5.74, 6) is -3.71. The number of nitrogens with two attached hydrogens (primary N) is 1. The highest BCUT2D eigenvalue weighted by molar-refractivity contribution is 5.99. The topological polar surface area (TPSA) is 194 Å². The van der Waals surface area contributed by atoms with Crippen molar-refractivity contribution in [2.24, 2.45) is 5.73 Å². The van der Waals surface area contributed by atoms with Gasteiger partial charge in [-0.1, -0.05) is 24.3 Å². The van der Waals surface area contributed by atoms with Gasteiger partial charge in [-0.25, -0.2) is 4.79 Å². The smallest absolute Gasteiger partial charge is 0.342 e. The van der Waals surface area contributed by atoms with E-state index >= 15 is 0 Å². The first-order chi connectivity index (χ1) is 23.5. The Hall–Kier alpha value is -5.65. The lowest BCUT2D eigenvalue weighted by Gasteiger charge is -2.23. The van der Waals surface area contributed by atoms with Crippen molar-refractivity contribution in [3.63, 3.8) is 0 Å². The van der Waals surface area contributed by atoms with Crippen LogP contribution in [0.3, 0.4) is 0 Å². The Morgan fingerprint density at radius 2 is 1.69 bits per heavy atom. The van der Waals surface area contributed by atoms with Crippen molar-refractivity contribution in [3.8, 4) is 17.2 Å². The average molecular weight is 672 g/mol. The van der Waals surface area contributed by atoms with E-state index in [0.29, 0.717) is 55.5 Å². The normalized spacial score (nSPS) is 16.7. The number of phenolic OH excluding ortho intramolecular Hbond substituents is 2. The Balaban J connectivity index is 1.64. The number of ether oxygens (including phenoxy) is 2. The number of amides is 3. The number of hydrogen-bond donors (Lipinski definition) is 5. The number of ketones is 1. The van der Waals surface area contributed by atoms with E-state index in [1.54, 1.807) is 43.3 Å². The van der Waals surface area contributed by atoms with Crippen LogP contribution in [-0.2, 0) is 19.1 Å². The van der Waals surface area contributed by atoms with Crippen molar-refractivity contribution < 1.29 is 43.7 Å². The van der Waals surface area contributed by atoms with Gasteiger partial charge in [0.15, 0.2) is 0 Å². The van der Waals surface area contributed by atoms with Gasteiger partial charge in [-0.05, 0) is 86.2 Å². The van der Waals surface area contributed by atoms with Gasteiger partial charge in [0.25, 0.3) is 0 Å². The van der Waals surface area contributed by atoms with Crippen molar-refractivity contribution in [2.45, 2.75) is 63.9 Å². The maximum absolute atomic E-state index is 13.6. The molecular formula is C37H41N3O9. The quantitative estimate of drug-likeness (QED) is 0.195. The molecule has 12 heteroatoms. The number of Topliss-reactive ketones (excluding diaryl/α,β-unsaturated/α-hetero) is 1. The number of carbonyl (C=O) groups excluding carboxylic acids is 5. The van der Waals surface area contributed by atoms with Crippen LogP contribution in [0.15, 0.2) is 60.7 Å². The number of cyclic esters (lactones) is 1. The van der Waals surface area contributed by atoms with Gasteiger partial charge in [-0.2, -0.15) is 0 Å². The number of anilines is 1. The first-order valence-electron chi connectivity index (χ1n) is 16.0. The Bertz CT molecular complexity index is 1720. The highest BCUT2D eigenvalue weighted by atomic mass is 16.5. The Morgan fingerprint density at radius 1 is 1.00 bits per heavy atom. The fraction of sp³-hybridized carbons (Fsp3) is 0.324. The molecule has 1 aliphatic rings. The molecule has 12 nitrogen and oxygen atoms in total. The van der Waals surface area contributed by atoms with Gasteiger partial charge >= 0.3 is 5.97 Å². The summed E-state index contributed by atoms with van der Waals surface area (Å²) in [6.45, 7) is 1.31. The molecule has 0 saturated heterocycles. The first-order valence-corrected chi connectivity index (χ1v) is 16.0. The minimum atomic E-state index is -0.964. The summed E-state index contributed by atoms with van der Waals surface area (Å²) in [6.07, 6.45) is 5.48. The number of rotatable bonds is 9. The van der Waals surface area contributed by atoms with Crippen LogP contribution in [0.5, 0.6) is 17.2 Å². The summed E-state index contributed by atoms with van der Waals surface area (Å²) in [6, 6.07) is 13.9. The monoisotopic (exact) mass is 671 g/mol. The van der Waals surface area contributed by atoms with Gasteiger partial charge in [0.1, 0.15) is 28.6 Å². The van der Waals surface area contributed by atoms with E-state index < -0.39 is 48.0 Å². The summed E-state index contributed by atoms with van der Waals surface area (Å²) in [4.78, 5) is 62.9. The van der Waals surface area contributed by atoms with Crippen LogP contribution in [-0.4, -0.2) is 59.4 Å². The summed E-state index contributed by atoms with van der Waals surface area (Å²) in [5, 5.41) is 28.2. The number of primary amides is 1. The molecule has 0 fully saturated rings. The summed E-state index contributed by atoms with van der Waals surface area (Å²) in [5.41, 5.74) is 6.43. The molecule has 6 N–H and O–H groups in total. The molecule has 258 valence electrons. The second kappa shape index (κ2) is 17.0. The zero-order valence-corrected chi connectivity index (χ0v) is 27.5. The summed E-state index contributed by atoms with van der Waals surface area (Å²) in [7, 11) is 1.50. The first kappa shape index (κ1) is 36.2. The fourth-order valence-electron chi connectivity index (χ4n) is 5.60. The minimum Gasteiger partial charge on any atom is -0.507 e. The predicted molar refractivity (Wildman–Crippen MR) is 182 cm³/mol. The van der Waals surface area contributed by atoms with Crippen LogP contribution in [0.1, 0.15) is 95.2 Å². The third kappa shape index (κ3) is 9.92. The number of phenols is 2. The van der Waals surface area contributed by atoms with Crippen LogP contribution >= 0.6 is 0 Å². The van der Waals surface area contributed by atoms with E-state index in [4.69, 9.17) is 15.2 Å². The largest absolute Gasteiger partial charge is 0.507 e. The van der Waals surface area contributed by atoms with E-state index in [0.717, 1.165) is 0 Å². The lowest BCUT2D eigenvalue weighted by molar-refractivity contribution is -0.124. The van der Waals surface area contributed by atoms with Crippen LogP contribution in [0, 0.1) is 0 Å². The maximum Gasteiger partial charge on any atom is 0.342 e. The molecule has 0 saturated carbocycles. The van der Waals surface area contributed by atoms with Crippen LogP contribution in [0.2, 0.25) is 0 Å². The number of benzene rings is 3. The van der Waals surface area contributed by atoms with Crippen molar-refractivity contribution >= 4 is 41.2 Å². The van der Waals surface area contributed by atoms with Crippen molar-refractivity contribution in [3.05, 3.63) is 88.5 Å². The van der Waals surface area contributed by atoms with Gasteiger partial charge in [0.2, 0.25) is 17.7 Å². The molecule has 1 heterocycles. The van der Waals surface area contributed by atoms with Crippen LogP contribution in [0.25, 0.3) is 6.08 Å². The summed E-state index contributed by atoms with van der Waals surface area (Å²) >= 11 is 0. The Morgan fingerprint density at radius 3 is 2.37 bits per heavy atom. The van der Waals surface area contributed by atoms with Gasteiger partial charge in [-0.15, -0.1) is 0 Å². The number of allylic oxidation sites excluding steroid dienone is 1. The molecule has 0 aliphatic carbocycles. The molecule has 0 aromatic heterocycles. The molecule has 3 aromatic rings. The standard InChI is InChI=1S/C37H41N3O9/c1-22-7-6-10-27(41)9-5-3-4-8-25-19-30(42)34(35(45)33(25)37(47)49-22)29(23-13-17-28(48-2)18-14-23)20-31(43)39-21-32(44)40-26-15-11-24(12-16-26)36(38)46/h4,8,11-19,22,29,42,45H,3,5-7,9-10,20-21H2,1-2H3,(H2,38,46)(H,39,43)(H,40,44)/b8-4+/t22-,29?/m0/s1. The molecule has 4 rings (SSSR count). The molecule has 0 radical (unpaired) electrons. The maximum atomic E-state index is 13.6. The number of methoxy groups -OCH3 is 1. The van der Waals surface area contributed by atoms with E-state index in [9.17, 15) is 34.2 Å². The minimum absolute atomic E-state index is 0.0669. The van der Waals surface area contributed by atoms with Crippen molar-refractivity contribution in [1.29, 1.82) is 0 Å². The third-order valence-electron chi connectivity index (χ3n) is 8.21. The number of esters is 1. The number of aromatic hydroxyl groups is 2. The van der Waals surface area contributed by atoms with Gasteiger partial charge in [0, 0.05) is 42.0 Å². The van der Waals surface area contributed by atoms with E-state index in [-0.39, 0.29) is 40.2 Å². The highest BCUT2D eigenvalue weighted by Gasteiger charge is 2.31. The van der Waals surface area contributed by atoms with Crippen LogP contribution in [0.4, 0.5) is 5.69 Å². The van der Waals surface area contributed by atoms with E-state index in [1.807, 2.05) is 0 Å². The lowest BCUT2D eigenvalue weighted by atomic mass is 9.84. The second-order valence-electron chi connectivity index (χ2n) is 11.9. The van der Waals surface area contributed by atoms with Gasteiger partial charge in [-0.3, -0.25) is 19.2 Å². The lowest BCUT2D eigenvalue weighted by Crippen LogP contribution is -2.33. The Kier molecular flexibility index (Phi) is 12.5. The van der Waals surface area contributed by atoms with E-state index in [2.05, 4.69) is 10.6 Å². The predicted octanol–water partition coefficient (Wildman–Crippen LogP) is 4.96. The number of carbonyl (C=O) groups is 5. The summed E-state index contributed by atoms with van der Waals surface area (Å²) < 4.78 is 10.9.